The van der Waals surface area contributed by atoms with Crippen molar-refractivity contribution < 1.29 is 19.1 Å². The van der Waals surface area contributed by atoms with Crippen LogP contribution in [0.25, 0.3) is 0 Å². The van der Waals surface area contributed by atoms with E-state index in [1.165, 1.54) is 0 Å². The molecule has 31 heavy (non-hydrogen) atoms. The standard InChI is InChI=1S/C25H32N2O4/c1-3-21(25(29)26-4-2)27(15-14-19-8-6-5-7-9-19)24(28)13-11-20-10-12-22-23(18-20)31-17-16-30-22/h5-10,12,18,21H,3-4,11,13-17H2,1-2H3,(H,26,29)/t21-/m0/s1. The average molecular weight is 425 g/mol. The molecule has 0 fully saturated rings. The minimum atomic E-state index is -0.462. The second-order valence-electron chi connectivity index (χ2n) is 7.62. The number of benzene rings is 2. The van der Waals surface area contributed by atoms with Crippen LogP contribution in [0, 0.1) is 0 Å². The van der Waals surface area contributed by atoms with E-state index in [2.05, 4.69) is 5.32 Å². The summed E-state index contributed by atoms with van der Waals surface area (Å²) in [6.07, 6.45) is 2.22. The first kappa shape index (κ1) is 22.7. The SMILES string of the molecule is CCNC(=O)[C@H](CC)N(CCc1ccccc1)C(=O)CCc1ccc2c(c1)OCCO2. The number of aryl methyl sites for hydroxylation is 1. The summed E-state index contributed by atoms with van der Waals surface area (Å²) in [5, 5.41) is 2.87. The van der Waals surface area contributed by atoms with Gasteiger partial charge in [-0.15, -0.1) is 0 Å². The predicted octanol–water partition coefficient (Wildman–Crippen LogP) is 3.38. The zero-order valence-electron chi connectivity index (χ0n) is 18.4. The van der Waals surface area contributed by atoms with Crippen molar-refractivity contribution in [1.29, 1.82) is 0 Å². The topological polar surface area (TPSA) is 67.9 Å². The number of hydrogen-bond donors (Lipinski definition) is 1. The third-order valence-corrected chi connectivity index (χ3v) is 5.46. The summed E-state index contributed by atoms with van der Waals surface area (Å²) in [4.78, 5) is 27.6. The molecule has 1 heterocycles. The second-order valence-corrected chi connectivity index (χ2v) is 7.62. The van der Waals surface area contributed by atoms with E-state index < -0.39 is 6.04 Å². The fourth-order valence-corrected chi connectivity index (χ4v) is 3.83. The van der Waals surface area contributed by atoms with E-state index in [-0.39, 0.29) is 11.8 Å². The van der Waals surface area contributed by atoms with Crippen molar-refractivity contribution in [2.24, 2.45) is 0 Å². The zero-order valence-corrected chi connectivity index (χ0v) is 18.4. The smallest absolute Gasteiger partial charge is 0.242 e. The van der Waals surface area contributed by atoms with Gasteiger partial charge in [-0.1, -0.05) is 43.3 Å². The summed E-state index contributed by atoms with van der Waals surface area (Å²) in [7, 11) is 0. The lowest BCUT2D eigenvalue weighted by Crippen LogP contribution is -2.50. The van der Waals surface area contributed by atoms with Crippen LogP contribution in [0.15, 0.2) is 48.5 Å². The number of amides is 2. The molecule has 0 saturated heterocycles. The highest BCUT2D eigenvalue weighted by atomic mass is 16.6. The number of carbonyl (C=O) groups excluding carboxylic acids is 2. The van der Waals surface area contributed by atoms with Crippen LogP contribution < -0.4 is 14.8 Å². The van der Waals surface area contributed by atoms with Gasteiger partial charge < -0.3 is 19.7 Å². The molecule has 0 bridgehead atoms. The Balaban J connectivity index is 1.69. The maximum atomic E-state index is 13.2. The summed E-state index contributed by atoms with van der Waals surface area (Å²) in [6.45, 7) is 5.99. The molecular formula is C25H32N2O4. The van der Waals surface area contributed by atoms with Gasteiger partial charge in [-0.05, 0) is 49.4 Å². The van der Waals surface area contributed by atoms with E-state index in [0.717, 1.165) is 22.6 Å². The molecule has 2 aromatic rings. The number of nitrogens with zero attached hydrogens (tertiary/aromatic N) is 1. The highest BCUT2D eigenvalue weighted by molar-refractivity contribution is 5.87. The van der Waals surface area contributed by atoms with Crippen molar-refractivity contribution in [2.75, 3.05) is 26.3 Å². The summed E-state index contributed by atoms with van der Waals surface area (Å²) in [5.74, 6) is 1.37. The number of hydrogen-bond acceptors (Lipinski definition) is 4. The molecule has 0 unspecified atom stereocenters. The van der Waals surface area contributed by atoms with Crippen molar-refractivity contribution in [1.82, 2.24) is 10.2 Å². The fraction of sp³-hybridized carbons (Fsp3) is 0.440. The van der Waals surface area contributed by atoms with Gasteiger partial charge in [0.1, 0.15) is 19.3 Å². The van der Waals surface area contributed by atoms with E-state index in [1.807, 2.05) is 62.4 Å². The van der Waals surface area contributed by atoms with Gasteiger partial charge in [-0.25, -0.2) is 0 Å². The van der Waals surface area contributed by atoms with Crippen LogP contribution in [-0.2, 0) is 22.4 Å². The van der Waals surface area contributed by atoms with Gasteiger partial charge >= 0.3 is 0 Å². The Hall–Kier alpha value is -3.02. The van der Waals surface area contributed by atoms with Crippen molar-refractivity contribution in [3.63, 3.8) is 0 Å². The van der Waals surface area contributed by atoms with Crippen LogP contribution in [0.1, 0.15) is 37.8 Å². The van der Waals surface area contributed by atoms with Crippen molar-refractivity contribution in [3.05, 3.63) is 59.7 Å². The molecular weight excluding hydrogens is 392 g/mol. The average Bonchev–Trinajstić information content (AvgIpc) is 2.80. The Bertz CT molecular complexity index is 869. The third-order valence-electron chi connectivity index (χ3n) is 5.46. The zero-order chi connectivity index (χ0) is 22.1. The minimum absolute atomic E-state index is 0.0103. The fourth-order valence-electron chi connectivity index (χ4n) is 3.83. The highest BCUT2D eigenvalue weighted by Gasteiger charge is 2.27. The van der Waals surface area contributed by atoms with E-state index >= 15 is 0 Å². The van der Waals surface area contributed by atoms with Crippen molar-refractivity contribution in [2.45, 2.75) is 45.6 Å². The predicted molar refractivity (Wildman–Crippen MR) is 120 cm³/mol. The Labute approximate surface area is 184 Å². The second kappa shape index (κ2) is 11.4. The van der Waals surface area contributed by atoms with Gasteiger partial charge in [-0.2, -0.15) is 0 Å². The highest BCUT2D eigenvalue weighted by Crippen LogP contribution is 2.31. The Morgan fingerprint density at radius 3 is 2.42 bits per heavy atom. The van der Waals surface area contributed by atoms with Gasteiger partial charge in [0.15, 0.2) is 11.5 Å². The molecule has 0 spiro atoms. The molecule has 0 radical (unpaired) electrons. The summed E-state index contributed by atoms with van der Waals surface area (Å²) < 4.78 is 11.2. The molecule has 0 aliphatic carbocycles. The van der Waals surface area contributed by atoms with Gasteiger partial charge in [-0.3, -0.25) is 9.59 Å². The van der Waals surface area contributed by atoms with Crippen LogP contribution in [0.2, 0.25) is 0 Å². The van der Waals surface area contributed by atoms with E-state index in [4.69, 9.17) is 9.47 Å². The van der Waals surface area contributed by atoms with Crippen LogP contribution in [0.3, 0.4) is 0 Å². The number of fused-ring (bicyclic) bond motifs is 1. The molecule has 2 aromatic carbocycles. The number of ether oxygens (including phenoxy) is 2. The summed E-state index contributed by atoms with van der Waals surface area (Å²) in [5.41, 5.74) is 2.17. The maximum absolute atomic E-state index is 13.2. The molecule has 1 N–H and O–H groups in total. The van der Waals surface area contributed by atoms with Gasteiger partial charge in [0.2, 0.25) is 11.8 Å². The maximum Gasteiger partial charge on any atom is 0.242 e. The molecule has 1 atom stereocenters. The number of nitrogens with one attached hydrogen (secondary N) is 1. The minimum Gasteiger partial charge on any atom is -0.486 e. The molecule has 0 saturated carbocycles. The van der Waals surface area contributed by atoms with Gasteiger partial charge in [0.05, 0.1) is 0 Å². The van der Waals surface area contributed by atoms with E-state index in [0.29, 0.717) is 52.0 Å². The Kier molecular flexibility index (Phi) is 8.33. The molecule has 6 nitrogen and oxygen atoms in total. The largest absolute Gasteiger partial charge is 0.486 e. The molecule has 2 amide bonds. The lowest BCUT2D eigenvalue weighted by Gasteiger charge is -2.30. The first-order valence-corrected chi connectivity index (χ1v) is 11.1. The van der Waals surface area contributed by atoms with Gasteiger partial charge in [0, 0.05) is 19.5 Å². The summed E-state index contributed by atoms with van der Waals surface area (Å²) in [6, 6.07) is 15.4. The molecule has 3 rings (SSSR count). The Morgan fingerprint density at radius 2 is 1.71 bits per heavy atom. The lowest BCUT2D eigenvalue weighted by atomic mass is 10.1. The van der Waals surface area contributed by atoms with Crippen molar-refractivity contribution in [3.8, 4) is 11.5 Å². The van der Waals surface area contributed by atoms with Crippen molar-refractivity contribution >= 4 is 11.8 Å². The molecule has 6 heteroatoms. The third kappa shape index (κ3) is 6.23. The number of carbonyl (C=O) groups is 2. The number of rotatable bonds is 10. The summed E-state index contributed by atoms with van der Waals surface area (Å²) >= 11 is 0. The first-order chi connectivity index (χ1) is 15.1. The van der Waals surface area contributed by atoms with Crippen LogP contribution in [-0.4, -0.2) is 49.1 Å². The number of likely N-dealkylation sites (N-methyl/N-ethyl adjacent to an activating group) is 1. The molecule has 1 aliphatic rings. The molecule has 0 aromatic heterocycles. The van der Waals surface area contributed by atoms with E-state index in [9.17, 15) is 9.59 Å². The molecule has 166 valence electrons. The normalized spacial score (nSPS) is 13.4. The van der Waals surface area contributed by atoms with Crippen LogP contribution in [0.5, 0.6) is 11.5 Å². The van der Waals surface area contributed by atoms with E-state index in [1.54, 1.807) is 4.90 Å². The van der Waals surface area contributed by atoms with Gasteiger partial charge in [0.25, 0.3) is 0 Å². The molecule has 1 aliphatic heterocycles. The lowest BCUT2D eigenvalue weighted by molar-refractivity contribution is -0.140. The van der Waals surface area contributed by atoms with Crippen LogP contribution >= 0.6 is 0 Å². The monoisotopic (exact) mass is 424 g/mol. The Morgan fingerprint density at radius 1 is 0.968 bits per heavy atom. The quantitative estimate of drug-likeness (QED) is 0.635. The van der Waals surface area contributed by atoms with Crippen LogP contribution in [0.4, 0.5) is 0 Å². The first-order valence-electron chi connectivity index (χ1n) is 11.1.